The number of rotatable bonds is 3. The van der Waals surface area contributed by atoms with E-state index in [1.165, 1.54) is 0 Å². The second-order valence-electron chi connectivity index (χ2n) is 5.35. The van der Waals surface area contributed by atoms with Crippen molar-refractivity contribution in [3.63, 3.8) is 0 Å². The number of hydrogen-bond donors (Lipinski definition) is 1. The summed E-state index contributed by atoms with van der Waals surface area (Å²) in [7, 11) is 1.81. The highest BCUT2D eigenvalue weighted by molar-refractivity contribution is 6.40. The molecule has 0 unspecified atom stereocenters. The summed E-state index contributed by atoms with van der Waals surface area (Å²) in [5.41, 5.74) is 3.19. The Labute approximate surface area is 150 Å². The highest BCUT2D eigenvalue weighted by Gasteiger charge is 2.22. The van der Waals surface area contributed by atoms with Gasteiger partial charge in [0.15, 0.2) is 0 Å². The molecule has 3 rings (SSSR count). The van der Waals surface area contributed by atoms with Gasteiger partial charge in [0.2, 0.25) is 0 Å². The summed E-state index contributed by atoms with van der Waals surface area (Å²) < 4.78 is 1.70. The number of hydrogen-bond acceptors (Lipinski definition) is 2. The van der Waals surface area contributed by atoms with Crippen LogP contribution in [0.2, 0.25) is 10.0 Å². The van der Waals surface area contributed by atoms with Gasteiger partial charge < -0.3 is 5.32 Å². The van der Waals surface area contributed by atoms with Crippen LogP contribution in [0.25, 0.3) is 11.3 Å². The monoisotopic (exact) mass is 359 g/mol. The molecular formula is C18H15Cl2N3O. The lowest BCUT2D eigenvalue weighted by atomic mass is 10.1. The molecule has 1 amide bonds. The van der Waals surface area contributed by atoms with Crippen LogP contribution >= 0.6 is 23.2 Å². The summed E-state index contributed by atoms with van der Waals surface area (Å²) in [5.74, 6) is -0.297. The lowest BCUT2D eigenvalue weighted by molar-refractivity contribution is 0.102. The average Bonchev–Trinajstić information content (AvgIpc) is 2.86. The zero-order valence-corrected chi connectivity index (χ0v) is 14.7. The van der Waals surface area contributed by atoms with Gasteiger partial charge in [0.1, 0.15) is 0 Å². The Balaban J connectivity index is 2.05. The van der Waals surface area contributed by atoms with E-state index in [0.717, 1.165) is 11.3 Å². The molecule has 24 heavy (non-hydrogen) atoms. The normalized spacial score (nSPS) is 10.7. The number of anilines is 1. The number of nitrogens with zero attached hydrogens (tertiary/aromatic N) is 2. The molecule has 0 aliphatic heterocycles. The van der Waals surface area contributed by atoms with E-state index in [-0.39, 0.29) is 5.91 Å². The van der Waals surface area contributed by atoms with Crippen molar-refractivity contribution in [2.75, 3.05) is 5.32 Å². The molecule has 122 valence electrons. The maximum Gasteiger partial charge on any atom is 0.259 e. The number of aryl methyl sites for hydroxylation is 2. The highest BCUT2D eigenvalue weighted by Crippen LogP contribution is 2.32. The zero-order valence-electron chi connectivity index (χ0n) is 13.2. The number of aromatic nitrogens is 2. The molecule has 0 saturated carbocycles. The summed E-state index contributed by atoms with van der Waals surface area (Å²) in [6.07, 6.45) is 0. The summed E-state index contributed by atoms with van der Waals surface area (Å²) in [5, 5.41) is 7.96. The number of amides is 1. The standard InChI is InChI=1S/C18H15Cl2N3O/c1-11-15(17(23(2)22-11)12-7-4-3-5-8-12)18(24)21-16-13(19)9-6-10-14(16)20/h3-10H,1-2H3,(H,21,24). The van der Waals surface area contributed by atoms with E-state index in [2.05, 4.69) is 10.4 Å². The first-order valence-corrected chi connectivity index (χ1v) is 8.09. The molecule has 0 aliphatic carbocycles. The van der Waals surface area contributed by atoms with E-state index in [4.69, 9.17) is 23.2 Å². The maximum absolute atomic E-state index is 12.9. The van der Waals surface area contributed by atoms with Gasteiger partial charge in [-0.15, -0.1) is 0 Å². The fourth-order valence-electron chi connectivity index (χ4n) is 2.65. The van der Waals surface area contributed by atoms with Crippen LogP contribution in [0.4, 0.5) is 5.69 Å². The van der Waals surface area contributed by atoms with Gasteiger partial charge in [0, 0.05) is 12.6 Å². The van der Waals surface area contributed by atoms with Crippen molar-refractivity contribution in [3.05, 3.63) is 69.8 Å². The molecule has 0 saturated heterocycles. The Morgan fingerprint density at radius 1 is 1.04 bits per heavy atom. The molecular weight excluding hydrogens is 345 g/mol. The van der Waals surface area contributed by atoms with E-state index in [9.17, 15) is 4.79 Å². The fraction of sp³-hybridized carbons (Fsp3) is 0.111. The Kier molecular flexibility index (Phi) is 4.60. The fourth-order valence-corrected chi connectivity index (χ4v) is 3.14. The van der Waals surface area contributed by atoms with Crippen LogP contribution in [0, 0.1) is 6.92 Å². The molecule has 2 aromatic carbocycles. The molecule has 1 aromatic heterocycles. The molecule has 0 atom stereocenters. The van der Waals surface area contributed by atoms with Crippen molar-refractivity contribution in [1.82, 2.24) is 9.78 Å². The molecule has 0 bridgehead atoms. The van der Waals surface area contributed by atoms with Crippen LogP contribution in [0.1, 0.15) is 16.1 Å². The largest absolute Gasteiger partial charge is 0.319 e. The minimum absolute atomic E-state index is 0.297. The first kappa shape index (κ1) is 16.6. The van der Waals surface area contributed by atoms with E-state index in [1.807, 2.05) is 37.4 Å². The van der Waals surface area contributed by atoms with Crippen molar-refractivity contribution in [3.8, 4) is 11.3 Å². The number of halogens is 2. The second-order valence-corrected chi connectivity index (χ2v) is 6.16. The smallest absolute Gasteiger partial charge is 0.259 e. The average molecular weight is 360 g/mol. The molecule has 3 aromatic rings. The van der Waals surface area contributed by atoms with Crippen LogP contribution in [-0.4, -0.2) is 15.7 Å². The minimum Gasteiger partial charge on any atom is -0.319 e. The number of carbonyl (C=O) groups is 1. The molecule has 0 aliphatic rings. The van der Waals surface area contributed by atoms with E-state index < -0.39 is 0 Å². The van der Waals surface area contributed by atoms with Gasteiger partial charge in [-0.3, -0.25) is 9.48 Å². The maximum atomic E-state index is 12.9. The Bertz CT molecular complexity index is 884. The highest BCUT2D eigenvalue weighted by atomic mass is 35.5. The first-order valence-electron chi connectivity index (χ1n) is 7.33. The van der Waals surface area contributed by atoms with Gasteiger partial charge in [-0.25, -0.2) is 0 Å². The topological polar surface area (TPSA) is 46.9 Å². The lowest BCUT2D eigenvalue weighted by Crippen LogP contribution is -2.14. The van der Waals surface area contributed by atoms with Crippen LogP contribution in [0.3, 0.4) is 0 Å². The first-order chi connectivity index (χ1) is 11.5. The number of carbonyl (C=O) groups excluding carboxylic acids is 1. The Morgan fingerprint density at radius 3 is 2.29 bits per heavy atom. The van der Waals surface area contributed by atoms with Crippen molar-refractivity contribution < 1.29 is 4.79 Å². The molecule has 1 N–H and O–H groups in total. The number of nitrogens with one attached hydrogen (secondary N) is 1. The quantitative estimate of drug-likeness (QED) is 0.718. The van der Waals surface area contributed by atoms with E-state index >= 15 is 0 Å². The van der Waals surface area contributed by atoms with Crippen LogP contribution in [0.5, 0.6) is 0 Å². The van der Waals surface area contributed by atoms with Gasteiger partial charge in [-0.1, -0.05) is 59.6 Å². The van der Waals surface area contributed by atoms with Crippen molar-refractivity contribution in [1.29, 1.82) is 0 Å². The summed E-state index contributed by atoms with van der Waals surface area (Å²) in [4.78, 5) is 12.9. The Morgan fingerprint density at radius 2 is 1.67 bits per heavy atom. The molecule has 4 nitrogen and oxygen atoms in total. The Hall–Kier alpha value is -2.30. The molecule has 6 heteroatoms. The SMILES string of the molecule is Cc1nn(C)c(-c2ccccc2)c1C(=O)Nc1c(Cl)cccc1Cl. The van der Waals surface area contributed by atoms with Crippen molar-refractivity contribution in [2.24, 2.45) is 7.05 Å². The summed E-state index contributed by atoms with van der Waals surface area (Å²) in [6.45, 7) is 1.80. The molecule has 0 spiro atoms. The third-order valence-corrected chi connectivity index (χ3v) is 4.33. The lowest BCUT2D eigenvalue weighted by Gasteiger charge is -2.11. The summed E-state index contributed by atoms with van der Waals surface area (Å²) in [6, 6.07) is 14.7. The zero-order chi connectivity index (χ0) is 17.3. The predicted molar refractivity (Wildman–Crippen MR) is 97.8 cm³/mol. The third kappa shape index (κ3) is 3.03. The molecule has 0 fully saturated rings. The van der Waals surface area contributed by atoms with Gasteiger partial charge in [0.25, 0.3) is 5.91 Å². The van der Waals surface area contributed by atoms with Crippen molar-refractivity contribution in [2.45, 2.75) is 6.92 Å². The minimum atomic E-state index is -0.297. The predicted octanol–water partition coefficient (Wildman–Crippen LogP) is 4.95. The summed E-state index contributed by atoms with van der Waals surface area (Å²) >= 11 is 12.3. The van der Waals surface area contributed by atoms with E-state index in [1.54, 1.807) is 29.8 Å². The van der Waals surface area contributed by atoms with E-state index in [0.29, 0.717) is 27.0 Å². The molecule has 1 heterocycles. The number of para-hydroxylation sites is 1. The van der Waals surface area contributed by atoms with Gasteiger partial charge in [-0.2, -0.15) is 5.10 Å². The van der Waals surface area contributed by atoms with Crippen LogP contribution in [0.15, 0.2) is 48.5 Å². The second kappa shape index (κ2) is 6.67. The van der Waals surface area contributed by atoms with Crippen LogP contribution in [-0.2, 0) is 7.05 Å². The number of benzene rings is 2. The van der Waals surface area contributed by atoms with Gasteiger partial charge >= 0.3 is 0 Å². The molecule has 0 radical (unpaired) electrons. The van der Waals surface area contributed by atoms with Crippen LogP contribution < -0.4 is 5.32 Å². The van der Waals surface area contributed by atoms with Gasteiger partial charge in [-0.05, 0) is 19.1 Å². The van der Waals surface area contributed by atoms with Gasteiger partial charge in [0.05, 0.1) is 32.7 Å². The van der Waals surface area contributed by atoms with Crippen molar-refractivity contribution >= 4 is 34.8 Å². The third-order valence-electron chi connectivity index (χ3n) is 3.70.